The van der Waals surface area contributed by atoms with E-state index in [0.29, 0.717) is 17.7 Å². The van der Waals surface area contributed by atoms with Crippen LogP contribution in [0.2, 0.25) is 0 Å². The predicted molar refractivity (Wildman–Crippen MR) is 57.1 cm³/mol. The van der Waals surface area contributed by atoms with Crippen LogP contribution >= 0.6 is 0 Å². The van der Waals surface area contributed by atoms with E-state index in [1.54, 1.807) is 6.07 Å². The predicted octanol–water partition coefficient (Wildman–Crippen LogP) is 1.14. The van der Waals surface area contributed by atoms with Crippen molar-refractivity contribution in [3.8, 4) is 0 Å². The molecular weight excluding hydrogens is 208 g/mol. The fourth-order valence-corrected chi connectivity index (χ4v) is 1.66. The summed E-state index contributed by atoms with van der Waals surface area (Å²) in [7, 11) is 1.31. The van der Waals surface area contributed by atoms with Crippen LogP contribution in [0.3, 0.4) is 0 Å². The first-order valence-electron chi connectivity index (χ1n) is 5.08. The molecule has 0 aliphatic carbocycles. The third-order valence-electron chi connectivity index (χ3n) is 2.48. The lowest BCUT2D eigenvalue weighted by Gasteiger charge is -2.07. The van der Waals surface area contributed by atoms with Gasteiger partial charge in [0.15, 0.2) is 0 Å². The molecule has 1 aliphatic rings. The van der Waals surface area contributed by atoms with Crippen molar-refractivity contribution in [3.63, 3.8) is 0 Å². The number of pyridine rings is 1. The minimum Gasteiger partial charge on any atom is -0.465 e. The van der Waals surface area contributed by atoms with Crippen molar-refractivity contribution in [1.29, 1.82) is 0 Å². The van der Waals surface area contributed by atoms with Gasteiger partial charge in [-0.25, -0.2) is 4.79 Å². The largest absolute Gasteiger partial charge is 0.465 e. The Hall–Kier alpha value is -1.91. The molecule has 0 unspecified atom stereocenters. The molecule has 0 radical (unpaired) electrons. The van der Waals surface area contributed by atoms with Gasteiger partial charge in [0.1, 0.15) is 0 Å². The molecule has 84 valence electrons. The standard InChI is InChI=1S/C11H12N2O3/c1-16-11(15)7-5-9-8(12-6-7)3-2-4-10(14)13-9/h5-6H,2-4H2,1H3,(H,13,14). The SMILES string of the molecule is COC(=O)c1cnc2c(c1)NC(=O)CCC2. The second-order valence-corrected chi connectivity index (χ2v) is 3.61. The van der Waals surface area contributed by atoms with Gasteiger partial charge in [-0.1, -0.05) is 0 Å². The third kappa shape index (κ3) is 2.03. The molecule has 16 heavy (non-hydrogen) atoms. The van der Waals surface area contributed by atoms with Crippen molar-refractivity contribution in [1.82, 2.24) is 4.98 Å². The number of fused-ring (bicyclic) bond motifs is 1. The van der Waals surface area contributed by atoms with Crippen molar-refractivity contribution in [2.75, 3.05) is 12.4 Å². The maximum Gasteiger partial charge on any atom is 0.339 e. The zero-order valence-corrected chi connectivity index (χ0v) is 8.95. The number of hydrogen-bond acceptors (Lipinski definition) is 4. The summed E-state index contributed by atoms with van der Waals surface area (Å²) in [4.78, 5) is 26.8. The Morgan fingerprint density at radius 1 is 1.50 bits per heavy atom. The van der Waals surface area contributed by atoms with Crippen LogP contribution in [0.5, 0.6) is 0 Å². The van der Waals surface area contributed by atoms with Crippen molar-refractivity contribution in [3.05, 3.63) is 23.5 Å². The maximum absolute atomic E-state index is 11.3. The van der Waals surface area contributed by atoms with Crippen LogP contribution in [0.15, 0.2) is 12.3 Å². The van der Waals surface area contributed by atoms with Crippen LogP contribution in [-0.4, -0.2) is 24.0 Å². The van der Waals surface area contributed by atoms with Gasteiger partial charge in [-0.3, -0.25) is 9.78 Å². The second kappa shape index (κ2) is 4.30. The molecule has 1 aromatic heterocycles. The number of ether oxygens (including phenoxy) is 1. The van der Waals surface area contributed by atoms with E-state index in [0.717, 1.165) is 18.5 Å². The molecule has 2 heterocycles. The van der Waals surface area contributed by atoms with Crippen LogP contribution in [0.25, 0.3) is 0 Å². The smallest absolute Gasteiger partial charge is 0.339 e. The Balaban J connectivity index is 2.36. The summed E-state index contributed by atoms with van der Waals surface area (Å²) in [5, 5.41) is 2.73. The molecule has 0 bridgehead atoms. The maximum atomic E-state index is 11.3. The van der Waals surface area contributed by atoms with E-state index >= 15 is 0 Å². The van der Waals surface area contributed by atoms with Crippen molar-refractivity contribution in [2.24, 2.45) is 0 Å². The van der Waals surface area contributed by atoms with E-state index in [1.807, 2.05) is 0 Å². The highest BCUT2D eigenvalue weighted by molar-refractivity contribution is 5.95. The van der Waals surface area contributed by atoms with Gasteiger partial charge in [0.25, 0.3) is 0 Å². The minimum absolute atomic E-state index is 0.0393. The topological polar surface area (TPSA) is 68.3 Å². The van der Waals surface area contributed by atoms with Crippen molar-refractivity contribution >= 4 is 17.6 Å². The number of rotatable bonds is 1. The van der Waals surface area contributed by atoms with Gasteiger partial charge in [0, 0.05) is 12.6 Å². The summed E-state index contributed by atoms with van der Waals surface area (Å²) in [6, 6.07) is 1.61. The Bertz CT molecular complexity index is 443. The Labute approximate surface area is 92.8 Å². The average molecular weight is 220 g/mol. The zero-order chi connectivity index (χ0) is 11.5. The summed E-state index contributed by atoms with van der Waals surface area (Å²) < 4.78 is 4.59. The molecule has 1 N–H and O–H groups in total. The molecule has 2 rings (SSSR count). The van der Waals surface area contributed by atoms with E-state index in [1.165, 1.54) is 13.3 Å². The van der Waals surface area contributed by atoms with Crippen molar-refractivity contribution < 1.29 is 14.3 Å². The molecular formula is C11H12N2O3. The number of hydrogen-bond donors (Lipinski definition) is 1. The molecule has 0 aromatic carbocycles. The van der Waals surface area contributed by atoms with Gasteiger partial charge in [0.2, 0.25) is 5.91 Å². The fourth-order valence-electron chi connectivity index (χ4n) is 1.66. The second-order valence-electron chi connectivity index (χ2n) is 3.61. The number of methoxy groups -OCH3 is 1. The Kier molecular flexibility index (Phi) is 2.85. The summed E-state index contributed by atoms with van der Waals surface area (Å²) in [5.74, 6) is -0.489. The first-order chi connectivity index (χ1) is 7.70. The molecule has 0 saturated heterocycles. The summed E-state index contributed by atoms with van der Waals surface area (Å²) >= 11 is 0. The first-order valence-corrected chi connectivity index (χ1v) is 5.08. The molecule has 5 heteroatoms. The van der Waals surface area contributed by atoms with Crippen molar-refractivity contribution in [2.45, 2.75) is 19.3 Å². The number of carbonyl (C=O) groups is 2. The number of amides is 1. The molecule has 0 atom stereocenters. The van der Waals surface area contributed by atoms with E-state index in [4.69, 9.17) is 0 Å². The third-order valence-corrected chi connectivity index (χ3v) is 2.48. The molecule has 5 nitrogen and oxygen atoms in total. The highest BCUT2D eigenvalue weighted by atomic mass is 16.5. The highest BCUT2D eigenvalue weighted by Crippen LogP contribution is 2.21. The van der Waals surface area contributed by atoms with E-state index in [9.17, 15) is 9.59 Å². The molecule has 0 saturated carbocycles. The number of nitrogens with zero attached hydrogens (tertiary/aromatic N) is 1. The lowest BCUT2D eigenvalue weighted by molar-refractivity contribution is -0.116. The average Bonchev–Trinajstić information content (AvgIpc) is 2.47. The van der Waals surface area contributed by atoms with Gasteiger partial charge in [0.05, 0.1) is 24.1 Å². The minimum atomic E-state index is -0.450. The fraction of sp³-hybridized carbons (Fsp3) is 0.364. The Morgan fingerprint density at radius 2 is 2.31 bits per heavy atom. The highest BCUT2D eigenvalue weighted by Gasteiger charge is 2.16. The number of carbonyl (C=O) groups excluding carboxylic acids is 2. The number of anilines is 1. The van der Waals surface area contributed by atoms with Crippen LogP contribution in [0, 0.1) is 0 Å². The number of esters is 1. The number of aromatic nitrogens is 1. The number of aryl methyl sites for hydroxylation is 1. The van der Waals surface area contributed by atoms with Crippen LogP contribution in [0.4, 0.5) is 5.69 Å². The Morgan fingerprint density at radius 3 is 3.06 bits per heavy atom. The quantitative estimate of drug-likeness (QED) is 0.721. The normalized spacial score (nSPS) is 14.7. The lowest BCUT2D eigenvalue weighted by atomic mass is 10.1. The summed E-state index contributed by atoms with van der Waals surface area (Å²) in [6.45, 7) is 0. The van der Waals surface area contributed by atoms with Gasteiger partial charge in [-0.05, 0) is 18.9 Å². The first kappa shape index (κ1) is 10.6. The molecule has 1 aromatic rings. The van der Waals surface area contributed by atoms with E-state index < -0.39 is 5.97 Å². The van der Waals surface area contributed by atoms with Gasteiger partial charge < -0.3 is 10.1 Å². The molecule has 0 spiro atoms. The van der Waals surface area contributed by atoms with Crippen LogP contribution in [0.1, 0.15) is 28.9 Å². The van der Waals surface area contributed by atoms with E-state index in [-0.39, 0.29) is 5.91 Å². The molecule has 1 amide bonds. The van der Waals surface area contributed by atoms with Gasteiger partial charge >= 0.3 is 5.97 Å². The van der Waals surface area contributed by atoms with Gasteiger partial charge in [-0.2, -0.15) is 0 Å². The lowest BCUT2D eigenvalue weighted by Crippen LogP contribution is -2.11. The van der Waals surface area contributed by atoms with Crippen LogP contribution in [-0.2, 0) is 16.0 Å². The number of nitrogens with one attached hydrogen (secondary N) is 1. The molecule has 1 aliphatic heterocycles. The van der Waals surface area contributed by atoms with Crippen LogP contribution < -0.4 is 5.32 Å². The summed E-state index contributed by atoms with van der Waals surface area (Å²) in [5.41, 5.74) is 1.78. The molecule has 0 fully saturated rings. The zero-order valence-electron chi connectivity index (χ0n) is 8.95. The van der Waals surface area contributed by atoms with Gasteiger partial charge in [-0.15, -0.1) is 0 Å². The van der Waals surface area contributed by atoms with E-state index in [2.05, 4.69) is 15.0 Å². The monoisotopic (exact) mass is 220 g/mol. The summed E-state index contributed by atoms with van der Waals surface area (Å²) in [6.07, 6.45) is 3.49.